The van der Waals surface area contributed by atoms with Crippen molar-refractivity contribution in [2.24, 2.45) is 0 Å². The number of benzene rings is 1. The van der Waals surface area contributed by atoms with Crippen molar-refractivity contribution in [2.75, 3.05) is 29.9 Å². The number of fused-ring (bicyclic) bond motifs is 1. The zero-order valence-electron chi connectivity index (χ0n) is 18.3. The molecule has 1 aromatic carbocycles. The van der Waals surface area contributed by atoms with Crippen molar-refractivity contribution < 1.29 is 9.53 Å². The first-order valence-corrected chi connectivity index (χ1v) is 11.8. The van der Waals surface area contributed by atoms with E-state index in [2.05, 4.69) is 15.2 Å². The molecule has 1 fully saturated rings. The summed E-state index contributed by atoms with van der Waals surface area (Å²) >= 11 is 1.29. The third-order valence-corrected chi connectivity index (χ3v) is 6.43. The van der Waals surface area contributed by atoms with E-state index in [9.17, 15) is 14.4 Å². The molecule has 1 aliphatic heterocycles. The third-order valence-electron chi connectivity index (χ3n) is 5.34. The fourth-order valence-corrected chi connectivity index (χ4v) is 4.93. The first kappa shape index (κ1) is 22.1. The summed E-state index contributed by atoms with van der Waals surface area (Å²) in [4.78, 5) is 45.8. The van der Waals surface area contributed by atoms with E-state index >= 15 is 0 Å². The molecule has 10 heteroatoms. The molecule has 0 bridgehead atoms. The highest BCUT2D eigenvalue weighted by molar-refractivity contribution is 7.22. The minimum Gasteiger partial charge on any atom is -0.492 e. The smallest absolute Gasteiger partial charge is 0.333 e. The van der Waals surface area contributed by atoms with Crippen molar-refractivity contribution in [3.8, 4) is 5.75 Å². The highest BCUT2D eigenvalue weighted by atomic mass is 32.1. The number of carbonyl (C=O) groups is 1. The number of amides is 1. The van der Waals surface area contributed by atoms with Crippen molar-refractivity contribution in [3.05, 3.63) is 45.1 Å². The standard InChI is InChI=1S/C22H27N5O4S/c1-3-11-26-20(29)18-19(24-21(32-18)25-12-7-8-13-25)27(22(26)30)14-17(28)23-15-9-5-6-10-16(15)31-4-2/h5-6,9-10H,3-4,7-8,11-14H2,1-2H3,(H,23,28). The van der Waals surface area contributed by atoms with Gasteiger partial charge in [-0.1, -0.05) is 30.4 Å². The van der Waals surface area contributed by atoms with Gasteiger partial charge in [-0.3, -0.25) is 18.7 Å². The molecule has 9 nitrogen and oxygen atoms in total. The van der Waals surface area contributed by atoms with E-state index in [4.69, 9.17) is 4.74 Å². The largest absolute Gasteiger partial charge is 0.492 e. The zero-order chi connectivity index (χ0) is 22.7. The number of para-hydroxylation sites is 2. The van der Waals surface area contributed by atoms with Crippen LogP contribution in [0.1, 0.15) is 33.1 Å². The minimum absolute atomic E-state index is 0.247. The number of ether oxygens (including phenoxy) is 1. The second-order valence-corrected chi connectivity index (χ2v) is 8.62. The Labute approximate surface area is 189 Å². The number of aromatic nitrogens is 3. The van der Waals surface area contributed by atoms with Gasteiger partial charge in [0.1, 0.15) is 17.0 Å². The molecule has 170 valence electrons. The molecule has 1 aliphatic rings. The van der Waals surface area contributed by atoms with Crippen LogP contribution in [0.3, 0.4) is 0 Å². The van der Waals surface area contributed by atoms with Crippen molar-refractivity contribution >= 4 is 38.4 Å². The Balaban J connectivity index is 1.73. The van der Waals surface area contributed by atoms with Gasteiger partial charge < -0.3 is 15.0 Å². The summed E-state index contributed by atoms with van der Waals surface area (Å²) in [7, 11) is 0. The zero-order valence-corrected chi connectivity index (χ0v) is 19.1. The lowest BCUT2D eigenvalue weighted by Crippen LogP contribution is -2.41. The Kier molecular flexibility index (Phi) is 6.59. The minimum atomic E-state index is -0.518. The molecule has 0 saturated carbocycles. The first-order chi connectivity index (χ1) is 15.5. The summed E-state index contributed by atoms with van der Waals surface area (Å²) in [5.74, 6) is 0.166. The molecule has 3 aromatic rings. The van der Waals surface area contributed by atoms with Crippen LogP contribution in [-0.2, 0) is 17.9 Å². The van der Waals surface area contributed by atoms with Crippen molar-refractivity contribution in [3.63, 3.8) is 0 Å². The highest BCUT2D eigenvalue weighted by Gasteiger charge is 2.23. The van der Waals surface area contributed by atoms with Crippen LogP contribution < -0.4 is 26.2 Å². The molecule has 0 atom stereocenters. The number of anilines is 2. The highest BCUT2D eigenvalue weighted by Crippen LogP contribution is 2.29. The Morgan fingerprint density at radius 1 is 1.16 bits per heavy atom. The predicted molar refractivity (Wildman–Crippen MR) is 126 cm³/mol. The molecule has 1 N–H and O–H groups in total. The van der Waals surface area contributed by atoms with E-state index in [0.29, 0.717) is 35.7 Å². The van der Waals surface area contributed by atoms with Crippen LogP contribution in [0.4, 0.5) is 10.8 Å². The molecule has 4 rings (SSSR count). The summed E-state index contributed by atoms with van der Waals surface area (Å²) in [6, 6.07) is 7.14. The van der Waals surface area contributed by atoms with Gasteiger partial charge in [0.25, 0.3) is 5.56 Å². The summed E-state index contributed by atoms with van der Waals surface area (Å²) in [5.41, 5.74) is -0.0573. The molecule has 0 spiro atoms. The number of hydrogen-bond donors (Lipinski definition) is 1. The van der Waals surface area contributed by atoms with E-state index in [1.165, 1.54) is 20.5 Å². The van der Waals surface area contributed by atoms with Gasteiger partial charge in [-0.15, -0.1) is 0 Å². The van der Waals surface area contributed by atoms with Crippen LogP contribution in [0.5, 0.6) is 5.75 Å². The van der Waals surface area contributed by atoms with Gasteiger partial charge in [-0.25, -0.2) is 9.78 Å². The van der Waals surface area contributed by atoms with Gasteiger partial charge in [0.2, 0.25) is 5.91 Å². The number of nitrogens with zero attached hydrogens (tertiary/aromatic N) is 4. The molecule has 32 heavy (non-hydrogen) atoms. The van der Waals surface area contributed by atoms with E-state index in [1.54, 1.807) is 18.2 Å². The van der Waals surface area contributed by atoms with Gasteiger partial charge in [0, 0.05) is 19.6 Å². The number of carbonyl (C=O) groups excluding carboxylic acids is 1. The molecular weight excluding hydrogens is 430 g/mol. The maximum atomic E-state index is 13.2. The quantitative estimate of drug-likeness (QED) is 0.558. The normalized spacial score (nSPS) is 13.6. The van der Waals surface area contributed by atoms with Gasteiger partial charge in [0.15, 0.2) is 10.8 Å². The van der Waals surface area contributed by atoms with E-state index in [-0.39, 0.29) is 17.8 Å². The molecule has 0 radical (unpaired) electrons. The molecule has 1 amide bonds. The Morgan fingerprint density at radius 2 is 1.91 bits per heavy atom. The maximum Gasteiger partial charge on any atom is 0.333 e. The van der Waals surface area contributed by atoms with Crippen molar-refractivity contribution in [1.82, 2.24) is 14.1 Å². The molecule has 0 aliphatic carbocycles. The predicted octanol–water partition coefficient (Wildman–Crippen LogP) is 2.67. The van der Waals surface area contributed by atoms with Crippen LogP contribution in [0.25, 0.3) is 10.3 Å². The van der Waals surface area contributed by atoms with Crippen molar-refractivity contribution in [1.29, 1.82) is 0 Å². The topological polar surface area (TPSA) is 98.5 Å². The van der Waals surface area contributed by atoms with Gasteiger partial charge in [-0.2, -0.15) is 0 Å². The Morgan fingerprint density at radius 3 is 2.62 bits per heavy atom. The monoisotopic (exact) mass is 457 g/mol. The van der Waals surface area contributed by atoms with E-state index in [0.717, 1.165) is 31.1 Å². The lowest BCUT2D eigenvalue weighted by molar-refractivity contribution is -0.116. The number of nitrogens with one attached hydrogen (secondary N) is 1. The first-order valence-electron chi connectivity index (χ1n) is 10.9. The van der Waals surface area contributed by atoms with Crippen LogP contribution >= 0.6 is 11.3 Å². The fraction of sp³-hybridized carbons (Fsp3) is 0.455. The lowest BCUT2D eigenvalue weighted by Gasteiger charge is -2.13. The van der Waals surface area contributed by atoms with Crippen LogP contribution in [0.15, 0.2) is 33.9 Å². The average Bonchev–Trinajstić information content (AvgIpc) is 3.46. The average molecular weight is 458 g/mol. The SMILES string of the molecule is CCCn1c(=O)c2sc(N3CCCC3)nc2n(CC(=O)Nc2ccccc2OCC)c1=O. The fourth-order valence-electron chi connectivity index (χ4n) is 3.86. The summed E-state index contributed by atoms with van der Waals surface area (Å²) in [6.07, 6.45) is 2.78. The summed E-state index contributed by atoms with van der Waals surface area (Å²) < 4.78 is 8.48. The second-order valence-electron chi connectivity index (χ2n) is 7.65. The van der Waals surface area contributed by atoms with Gasteiger partial charge >= 0.3 is 5.69 Å². The molecule has 3 heterocycles. The summed E-state index contributed by atoms with van der Waals surface area (Å²) in [6.45, 7) is 6.03. The van der Waals surface area contributed by atoms with Gasteiger partial charge in [0.05, 0.1) is 12.3 Å². The van der Waals surface area contributed by atoms with Crippen LogP contribution in [-0.4, -0.2) is 39.7 Å². The molecule has 0 unspecified atom stereocenters. The van der Waals surface area contributed by atoms with Crippen LogP contribution in [0, 0.1) is 0 Å². The summed E-state index contributed by atoms with van der Waals surface area (Å²) in [5, 5.41) is 3.54. The van der Waals surface area contributed by atoms with Gasteiger partial charge in [-0.05, 0) is 38.3 Å². The molecule has 2 aromatic heterocycles. The second kappa shape index (κ2) is 9.56. The van der Waals surface area contributed by atoms with Crippen molar-refractivity contribution in [2.45, 2.75) is 46.2 Å². The third kappa shape index (κ3) is 4.27. The number of rotatable bonds is 8. The molecular formula is C22H27N5O4S. The van der Waals surface area contributed by atoms with E-state index in [1.807, 2.05) is 19.9 Å². The molecule has 1 saturated heterocycles. The lowest BCUT2D eigenvalue weighted by atomic mass is 10.3. The van der Waals surface area contributed by atoms with Crippen LogP contribution in [0.2, 0.25) is 0 Å². The maximum absolute atomic E-state index is 13.2. The van der Waals surface area contributed by atoms with E-state index < -0.39 is 11.6 Å². The Hall–Kier alpha value is -3.14. The number of hydrogen-bond acceptors (Lipinski definition) is 7. The number of thiazole rings is 1. The Bertz CT molecular complexity index is 1240.